The molecule has 2 aliphatic heterocycles. The lowest BCUT2D eigenvalue weighted by molar-refractivity contribution is -0.136. The molecule has 0 saturated carbocycles. The number of carbonyl (C=O) groups excluding carboxylic acids is 1. The number of aromatic amines is 1. The number of rotatable bonds is 6. The third kappa shape index (κ3) is 3.97. The van der Waals surface area contributed by atoms with E-state index in [-0.39, 0.29) is 11.3 Å². The van der Waals surface area contributed by atoms with Gasteiger partial charge in [0.25, 0.3) is 0 Å². The van der Waals surface area contributed by atoms with E-state index in [4.69, 9.17) is 9.72 Å². The molecular weight excluding hydrogens is 476 g/mol. The van der Waals surface area contributed by atoms with Crippen LogP contribution in [0, 0.1) is 23.7 Å². The van der Waals surface area contributed by atoms with Crippen LogP contribution in [0.2, 0.25) is 0 Å². The van der Waals surface area contributed by atoms with E-state index >= 15 is 0 Å². The first kappa shape index (κ1) is 23.7. The highest BCUT2D eigenvalue weighted by Gasteiger charge is 2.49. The minimum Gasteiger partial charge on any atom is -0.472 e. The van der Waals surface area contributed by atoms with Crippen LogP contribution in [-0.4, -0.2) is 52.2 Å². The van der Waals surface area contributed by atoms with E-state index in [0.29, 0.717) is 36.7 Å². The molecule has 4 aromatic rings. The summed E-state index contributed by atoms with van der Waals surface area (Å²) in [6.45, 7) is 8.96. The highest BCUT2D eigenvalue weighted by molar-refractivity contribution is 6.00. The predicted octanol–water partition coefficient (Wildman–Crippen LogP) is 4.61. The number of aryl methyl sites for hydroxylation is 1. The second kappa shape index (κ2) is 9.34. The van der Waals surface area contributed by atoms with Crippen molar-refractivity contribution in [1.29, 1.82) is 5.26 Å². The quantitative estimate of drug-likeness (QED) is 0.385. The van der Waals surface area contributed by atoms with E-state index in [1.165, 1.54) is 6.08 Å². The fraction of sp³-hybridized carbons (Fsp3) is 0.267. The number of H-pyrrole nitrogens is 1. The van der Waals surface area contributed by atoms with Crippen molar-refractivity contribution in [2.24, 2.45) is 5.41 Å². The first-order chi connectivity index (χ1) is 18.5. The SMILES string of the molecule is C=CC(=O)N1CC2(CCN(c3cnc(OCc4ccccc4)c(-c4c(C)ccc5[nH]ncc45)c3C#N)C2)C1. The number of hydrogen-bond donors (Lipinski definition) is 1. The van der Waals surface area contributed by atoms with Crippen molar-refractivity contribution >= 4 is 22.5 Å². The maximum atomic E-state index is 12.0. The molecule has 2 fully saturated rings. The molecule has 2 aromatic heterocycles. The number of benzene rings is 2. The molecule has 8 nitrogen and oxygen atoms in total. The van der Waals surface area contributed by atoms with Gasteiger partial charge in [0.15, 0.2) is 0 Å². The minimum atomic E-state index is -0.0284. The van der Waals surface area contributed by atoms with Gasteiger partial charge in [-0.05, 0) is 36.6 Å². The van der Waals surface area contributed by atoms with Gasteiger partial charge in [-0.25, -0.2) is 4.98 Å². The van der Waals surface area contributed by atoms with Gasteiger partial charge in [-0.1, -0.05) is 43.0 Å². The summed E-state index contributed by atoms with van der Waals surface area (Å²) in [7, 11) is 0. The van der Waals surface area contributed by atoms with Crippen molar-refractivity contribution < 1.29 is 9.53 Å². The van der Waals surface area contributed by atoms with Crippen LogP contribution < -0.4 is 9.64 Å². The fourth-order valence-electron chi connectivity index (χ4n) is 5.81. The fourth-order valence-corrected chi connectivity index (χ4v) is 5.81. The van der Waals surface area contributed by atoms with Crippen molar-refractivity contribution in [3.63, 3.8) is 0 Å². The molecular formula is C30H28N6O2. The van der Waals surface area contributed by atoms with E-state index in [2.05, 4.69) is 27.7 Å². The van der Waals surface area contributed by atoms with Crippen molar-refractivity contribution in [3.8, 4) is 23.1 Å². The Morgan fingerprint density at radius 3 is 2.76 bits per heavy atom. The number of carbonyl (C=O) groups is 1. The Balaban J connectivity index is 1.42. The number of nitriles is 1. The van der Waals surface area contributed by atoms with Crippen molar-refractivity contribution in [2.45, 2.75) is 20.0 Å². The zero-order valence-electron chi connectivity index (χ0n) is 21.3. The monoisotopic (exact) mass is 504 g/mol. The van der Waals surface area contributed by atoms with E-state index in [1.54, 1.807) is 12.4 Å². The van der Waals surface area contributed by atoms with Gasteiger partial charge in [-0.2, -0.15) is 10.4 Å². The number of anilines is 1. The Kier molecular flexibility index (Phi) is 5.84. The lowest BCUT2D eigenvalue weighted by atomic mass is 9.79. The third-order valence-electron chi connectivity index (χ3n) is 7.75. The van der Waals surface area contributed by atoms with E-state index < -0.39 is 0 Å². The molecule has 2 saturated heterocycles. The average molecular weight is 505 g/mol. The summed E-state index contributed by atoms with van der Waals surface area (Å²) in [6.07, 6.45) is 5.88. The molecule has 4 heterocycles. The highest BCUT2D eigenvalue weighted by atomic mass is 16.5. The lowest BCUT2D eigenvalue weighted by Gasteiger charge is -2.47. The molecule has 0 unspecified atom stereocenters. The Hall–Kier alpha value is -4.64. The molecule has 190 valence electrons. The molecule has 38 heavy (non-hydrogen) atoms. The van der Waals surface area contributed by atoms with Gasteiger partial charge in [0, 0.05) is 42.5 Å². The number of amides is 1. The van der Waals surface area contributed by atoms with Crippen molar-refractivity contribution in [3.05, 3.63) is 84.2 Å². The molecule has 0 atom stereocenters. The van der Waals surface area contributed by atoms with Crippen LogP contribution in [0.1, 0.15) is 23.1 Å². The van der Waals surface area contributed by atoms with Gasteiger partial charge in [-0.15, -0.1) is 0 Å². The van der Waals surface area contributed by atoms with E-state index in [0.717, 1.165) is 52.8 Å². The summed E-state index contributed by atoms with van der Waals surface area (Å²) in [6, 6.07) is 16.4. The molecule has 0 bridgehead atoms. The highest BCUT2D eigenvalue weighted by Crippen LogP contribution is 2.46. The molecule has 1 N–H and O–H groups in total. The largest absolute Gasteiger partial charge is 0.472 e. The molecule has 2 aromatic carbocycles. The smallest absolute Gasteiger partial charge is 0.245 e. The topological polar surface area (TPSA) is 98.1 Å². The molecule has 0 radical (unpaired) electrons. The van der Waals surface area contributed by atoms with Crippen LogP contribution >= 0.6 is 0 Å². The number of nitrogens with one attached hydrogen (secondary N) is 1. The van der Waals surface area contributed by atoms with Crippen LogP contribution in [0.3, 0.4) is 0 Å². The van der Waals surface area contributed by atoms with E-state index in [1.807, 2.05) is 54.3 Å². The summed E-state index contributed by atoms with van der Waals surface area (Å²) < 4.78 is 6.28. The van der Waals surface area contributed by atoms with Crippen LogP contribution in [0.4, 0.5) is 5.69 Å². The predicted molar refractivity (Wildman–Crippen MR) is 146 cm³/mol. The van der Waals surface area contributed by atoms with Gasteiger partial charge < -0.3 is 14.5 Å². The number of pyridine rings is 1. The Morgan fingerprint density at radius 2 is 2.00 bits per heavy atom. The van der Waals surface area contributed by atoms with Gasteiger partial charge in [0.2, 0.25) is 11.8 Å². The number of fused-ring (bicyclic) bond motifs is 1. The maximum absolute atomic E-state index is 12.0. The maximum Gasteiger partial charge on any atom is 0.245 e. The lowest BCUT2D eigenvalue weighted by Crippen LogP contribution is -2.59. The van der Waals surface area contributed by atoms with Gasteiger partial charge >= 0.3 is 0 Å². The summed E-state index contributed by atoms with van der Waals surface area (Å²) in [5, 5.41) is 18.8. The van der Waals surface area contributed by atoms with Crippen LogP contribution in [-0.2, 0) is 11.4 Å². The normalized spacial score (nSPS) is 15.9. The number of ether oxygens (including phenoxy) is 1. The van der Waals surface area contributed by atoms with Gasteiger partial charge in [0.05, 0.1) is 34.7 Å². The van der Waals surface area contributed by atoms with Gasteiger partial charge in [0.1, 0.15) is 12.7 Å². The third-order valence-corrected chi connectivity index (χ3v) is 7.75. The zero-order valence-corrected chi connectivity index (χ0v) is 21.3. The number of aromatic nitrogens is 3. The molecule has 6 rings (SSSR count). The number of nitrogens with zero attached hydrogens (tertiary/aromatic N) is 5. The van der Waals surface area contributed by atoms with Crippen molar-refractivity contribution in [2.75, 3.05) is 31.1 Å². The summed E-state index contributed by atoms with van der Waals surface area (Å²) in [5.41, 5.74) is 5.86. The minimum absolute atomic E-state index is 0.0284. The summed E-state index contributed by atoms with van der Waals surface area (Å²) >= 11 is 0. The molecule has 1 spiro atoms. The van der Waals surface area contributed by atoms with Gasteiger partial charge in [-0.3, -0.25) is 9.89 Å². The molecule has 2 aliphatic rings. The Morgan fingerprint density at radius 1 is 1.18 bits per heavy atom. The molecule has 1 amide bonds. The zero-order chi connectivity index (χ0) is 26.3. The van der Waals surface area contributed by atoms with E-state index in [9.17, 15) is 10.1 Å². The summed E-state index contributed by atoms with van der Waals surface area (Å²) in [4.78, 5) is 20.9. The molecule has 8 heteroatoms. The van der Waals surface area contributed by atoms with Crippen LogP contribution in [0.5, 0.6) is 5.88 Å². The summed E-state index contributed by atoms with van der Waals surface area (Å²) in [5.74, 6) is 0.394. The van der Waals surface area contributed by atoms with Crippen LogP contribution in [0.15, 0.2) is 67.5 Å². The standard InChI is InChI=1S/C30H28N6O2/c1-3-26(37)36-18-30(19-36)11-12-35(17-30)25-15-32-29(38-16-21-7-5-4-6-8-21)28(22(25)13-31)27-20(2)9-10-24-23(27)14-33-34-24/h3-10,14-15H,1,11-12,16-19H2,2H3,(H,33,34). The first-order valence-corrected chi connectivity index (χ1v) is 12.7. The number of hydrogen-bond acceptors (Lipinski definition) is 6. The second-order valence-electron chi connectivity index (χ2n) is 10.2. The first-order valence-electron chi connectivity index (χ1n) is 12.7. The molecule has 0 aliphatic carbocycles. The average Bonchev–Trinajstić information content (AvgIpc) is 3.59. The Labute approximate surface area is 221 Å². The van der Waals surface area contributed by atoms with Crippen molar-refractivity contribution in [1.82, 2.24) is 20.1 Å². The Bertz CT molecular complexity index is 1580. The van der Waals surface area contributed by atoms with Crippen LogP contribution in [0.25, 0.3) is 22.0 Å². The second-order valence-corrected chi connectivity index (χ2v) is 10.2. The number of likely N-dealkylation sites (tertiary alicyclic amines) is 1.